The van der Waals surface area contributed by atoms with Gasteiger partial charge in [-0.15, -0.1) is 0 Å². The van der Waals surface area contributed by atoms with Gasteiger partial charge in [0.05, 0.1) is 12.2 Å². The summed E-state index contributed by atoms with van der Waals surface area (Å²) in [5, 5.41) is 3.39. The first-order valence-corrected chi connectivity index (χ1v) is 4.73. The van der Waals surface area contributed by atoms with Gasteiger partial charge in [0.15, 0.2) is 0 Å². The zero-order chi connectivity index (χ0) is 8.60. The van der Waals surface area contributed by atoms with Crippen LogP contribution in [0, 0.1) is 0 Å². The summed E-state index contributed by atoms with van der Waals surface area (Å²) in [7, 11) is 0. The van der Waals surface area contributed by atoms with Crippen LogP contribution < -0.4 is 5.32 Å². The molecule has 0 unspecified atom stereocenters. The molecule has 1 spiro atoms. The molecule has 2 saturated heterocycles. The Hall–Kier alpha value is -0.120. The molecule has 0 radical (unpaired) electrons. The normalized spacial score (nSPS) is 48.5. The summed E-state index contributed by atoms with van der Waals surface area (Å²) in [6.45, 7) is 6.97. The van der Waals surface area contributed by atoms with Crippen LogP contribution in [0.5, 0.6) is 0 Å². The molecule has 3 atom stereocenters. The molecular weight excluding hydrogens is 154 g/mol. The maximum absolute atomic E-state index is 5.96. The highest BCUT2D eigenvalue weighted by Crippen LogP contribution is 2.32. The first-order chi connectivity index (χ1) is 5.73. The summed E-state index contributed by atoms with van der Waals surface area (Å²) in [4.78, 5) is 0. The van der Waals surface area contributed by atoms with Gasteiger partial charge in [0, 0.05) is 26.1 Å². The van der Waals surface area contributed by atoms with Crippen molar-refractivity contribution in [3.8, 4) is 0 Å². The van der Waals surface area contributed by atoms with Crippen molar-refractivity contribution >= 4 is 0 Å². The Morgan fingerprint density at radius 2 is 2.25 bits per heavy atom. The van der Waals surface area contributed by atoms with Gasteiger partial charge in [-0.1, -0.05) is 0 Å². The van der Waals surface area contributed by atoms with Gasteiger partial charge in [0.2, 0.25) is 0 Å². The lowest BCUT2D eigenvalue weighted by molar-refractivity contribution is -0.135. The predicted molar refractivity (Wildman–Crippen MR) is 46.2 cm³/mol. The van der Waals surface area contributed by atoms with Crippen LogP contribution in [-0.2, 0) is 9.47 Å². The highest BCUT2D eigenvalue weighted by Gasteiger charge is 2.45. The SMILES string of the molecule is C[C@@H]1CNC[C@]2(CCO[C@H]2C)O1. The molecule has 0 bridgehead atoms. The van der Waals surface area contributed by atoms with E-state index in [0.717, 1.165) is 26.1 Å². The van der Waals surface area contributed by atoms with Crippen molar-refractivity contribution in [2.75, 3.05) is 19.7 Å². The number of hydrogen-bond acceptors (Lipinski definition) is 3. The lowest BCUT2D eigenvalue weighted by atomic mass is 9.94. The summed E-state index contributed by atoms with van der Waals surface area (Å²) < 4.78 is 11.5. The predicted octanol–water partition coefficient (Wildman–Crippen LogP) is 0.542. The Morgan fingerprint density at radius 1 is 1.42 bits per heavy atom. The largest absolute Gasteiger partial charge is 0.375 e. The minimum atomic E-state index is -0.0301. The molecule has 2 heterocycles. The summed E-state index contributed by atoms with van der Waals surface area (Å²) in [6.07, 6.45) is 1.60. The van der Waals surface area contributed by atoms with Crippen molar-refractivity contribution in [2.45, 2.75) is 38.1 Å². The fourth-order valence-corrected chi connectivity index (χ4v) is 2.12. The maximum atomic E-state index is 5.96. The van der Waals surface area contributed by atoms with E-state index in [1.807, 2.05) is 0 Å². The molecule has 0 aromatic carbocycles. The Balaban J connectivity index is 2.08. The van der Waals surface area contributed by atoms with Gasteiger partial charge in [-0.3, -0.25) is 0 Å². The topological polar surface area (TPSA) is 30.5 Å². The zero-order valence-corrected chi connectivity index (χ0v) is 7.80. The van der Waals surface area contributed by atoms with E-state index in [1.54, 1.807) is 0 Å². The Kier molecular flexibility index (Phi) is 2.10. The van der Waals surface area contributed by atoms with Crippen molar-refractivity contribution in [1.82, 2.24) is 5.32 Å². The molecule has 1 N–H and O–H groups in total. The second-order valence-electron chi connectivity index (χ2n) is 3.89. The fraction of sp³-hybridized carbons (Fsp3) is 1.00. The van der Waals surface area contributed by atoms with Crippen LogP contribution in [0.1, 0.15) is 20.3 Å². The number of ether oxygens (including phenoxy) is 2. The maximum Gasteiger partial charge on any atom is 0.109 e. The standard InChI is InChI=1S/C9H17NO2/c1-7-5-10-6-9(12-7)3-4-11-8(9)2/h7-8,10H,3-6H2,1-2H3/t7-,8+,9+/m1/s1. The third-order valence-corrected chi connectivity index (χ3v) is 2.93. The van der Waals surface area contributed by atoms with Crippen molar-refractivity contribution in [3.63, 3.8) is 0 Å². The van der Waals surface area contributed by atoms with Gasteiger partial charge >= 0.3 is 0 Å². The molecule has 0 aromatic rings. The van der Waals surface area contributed by atoms with E-state index in [4.69, 9.17) is 9.47 Å². The van der Waals surface area contributed by atoms with E-state index >= 15 is 0 Å². The third-order valence-electron chi connectivity index (χ3n) is 2.93. The molecule has 0 saturated carbocycles. The van der Waals surface area contributed by atoms with E-state index in [1.165, 1.54) is 0 Å². The second kappa shape index (κ2) is 2.98. The van der Waals surface area contributed by atoms with E-state index < -0.39 is 0 Å². The molecule has 0 amide bonds. The minimum Gasteiger partial charge on any atom is -0.375 e. The van der Waals surface area contributed by atoms with E-state index in [9.17, 15) is 0 Å². The van der Waals surface area contributed by atoms with Crippen LogP contribution in [0.3, 0.4) is 0 Å². The highest BCUT2D eigenvalue weighted by atomic mass is 16.6. The van der Waals surface area contributed by atoms with Gasteiger partial charge < -0.3 is 14.8 Å². The molecule has 2 rings (SSSR count). The highest BCUT2D eigenvalue weighted by molar-refractivity contribution is 4.96. The molecule has 3 nitrogen and oxygen atoms in total. The minimum absolute atomic E-state index is 0.0301. The van der Waals surface area contributed by atoms with Gasteiger partial charge in [0.25, 0.3) is 0 Å². The van der Waals surface area contributed by atoms with E-state index in [-0.39, 0.29) is 11.7 Å². The molecule has 12 heavy (non-hydrogen) atoms. The van der Waals surface area contributed by atoms with Crippen LogP contribution in [0.25, 0.3) is 0 Å². The molecule has 2 fully saturated rings. The smallest absolute Gasteiger partial charge is 0.109 e. The third kappa shape index (κ3) is 1.26. The van der Waals surface area contributed by atoms with Crippen LogP contribution in [0.15, 0.2) is 0 Å². The molecule has 2 aliphatic heterocycles. The van der Waals surface area contributed by atoms with Crippen molar-refractivity contribution in [1.29, 1.82) is 0 Å². The van der Waals surface area contributed by atoms with Crippen molar-refractivity contribution < 1.29 is 9.47 Å². The zero-order valence-electron chi connectivity index (χ0n) is 7.80. The summed E-state index contributed by atoms with van der Waals surface area (Å²) >= 11 is 0. The van der Waals surface area contributed by atoms with Crippen LogP contribution in [0.2, 0.25) is 0 Å². The Bertz CT molecular complexity index is 174. The summed E-state index contributed by atoms with van der Waals surface area (Å²) in [6, 6.07) is 0. The Morgan fingerprint density at radius 3 is 2.83 bits per heavy atom. The first-order valence-electron chi connectivity index (χ1n) is 4.73. The lowest BCUT2D eigenvalue weighted by Gasteiger charge is -2.39. The molecule has 70 valence electrons. The average Bonchev–Trinajstić information content (AvgIpc) is 2.33. The number of morpholine rings is 1. The monoisotopic (exact) mass is 171 g/mol. The van der Waals surface area contributed by atoms with Gasteiger partial charge in [-0.25, -0.2) is 0 Å². The molecule has 0 aromatic heterocycles. The quantitative estimate of drug-likeness (QED) is 0.577. The first kappa shape index (κ1) is 8.48. The Labute approximate surface area is 73.4 Å². The average molecular weight is 171 g/mol. The summed E-state index contributed by atoms with van der Waals surface area (Å²) in [5.41, 5.74) is -0.0301. The molecular formula is C9H17NO2. The second-order valence-corrected chi connectivity index (χ2v) is 3.89. The van der Waals surface area contributed by atoms with Crippen LogP contribution >= 0.6 is 0 Å². The number of rotatable bonds is 0. The van der Waals surface area contributed by atoms with Crippen molar-refractivity contribution in [2.24, 2.45) is 0 Å². The van der Waals surface area contributed by atoms with E-state index in [2.05, 4.69) is 19.2 Å². The summed E-state index contributed by atoms with van der Waals surface area (Å²) in [5.74, 6) is 0. The molecule has 0 aliphatic carbocycles. The fourth-order valence-electron chi connectivity index (χ4n) is 2.12. The van der Waals surface area contributed by atoms with Gasteiger partial charge in [0.1, 0.15) is 5.60 Å². The van der Waals surface area contributed by atoms with Crippen LogP contribution in [-0.4, -0.2) is 37.5 Å². The molecule has 2 aliphatic rings. The van der Waals surface area contributed by atoms with Crippen LogP contribution in [0.4, 0.5) is 0 Å². The van der Waals surface area contributed by atoms with Crippen molar-refractivity contribution in [3.05, 3.63) is 0 Å². The number of hydrogen-bond donors (Lipinski definition) is 1. The lowest BCUT2D eigenvalue weighted by Crippen LogP contribution is -2.56. The van der Waals surface area contributed by atoms with Gasteiger partial charge in [-0.05, 0) is 13.8 Å². The molecule has 3 heteroatoms. The number of nitrogens with one attached hydrogen (secondary N) is 1. The van der Waals surface area contributed by atoms with E-state index in [0.29, 0.717) is 6.10 Å². The van der Waals surface area contributed by atoms with Gasteiger partial charge in [-0.2, -0.15) is 0 Å².